The monoisotopic (exact) mass is 368 g/mol. The van der Waals surface area contributed by atoms with E-state index < -0.39 is 0 Å². The smallest absolute Gasteiger partial charge is 0.261 e. The highest BCUT2D eigenvalue weighted by atomic mass is 127. The van der Waals surface area contributed by atoms with E-state index in [9.17, 15) is 0 Å². The lowest BCUT2D eigenvalue weighted by atomic mass is 10.1. The number of nitriles is 1. The Morgan fingerprint density at radius 1 is 1.22 bits per heavy atom. The van der Waals surface area contributed by atoms with E-state index in [4.69, 9.17) is 5.26 Å². The van der Waals surface area contributed by atoms with Gasteiger partial charge >= 0.3 is 0 Å². The number of hydrogen-bond acceptors (Lipinski definition) is 2. The zero-order valence-corrected chi connectivity index (χ0v) is 13.2. The molecule has 0 spiro atoms. The van der Waals surface area contributed by atoms with Crippen LogP contribution in [0, 0.1) is 18.3 Å². The number of rotatable bonds is 2. The molecule has 18 heavy (non-hydrogen) atoms. The molecule has 0 saturated carbocycles. The fourth-order valence-corrected chi connectivity index (χ4v) is 2.36. The summed E-state index contributed by atoms with van der Waals surface area (Å²) in [5, 5.41) is 12.1. The normalized spacial score (nSPS) is 10.1. The highest BCUT2D eigenvalue weighted by Gasteiger charge is 2.08. The molecule has 2 nitrogen and oxygen atoms in total. The Labute approximate surface area is 128 Å². The van der Waals surface area contributed by atoms with E-state index >= 15 is 0 Å². The predicted octanol–water partition coefficient (Wildman–Crippen LogP) is -0.0729. The van der Waals surface area contributed by atoms with Gasteiger partial charge in [0.15, 0.2) is 5.69 Å². The first kappa shape index (κ1) is 14.9. The van der Waals surface area contributed by atoms with Crippen LogP contribution < -0.4 is 28.5 Å². The van der Waals surface area contributed by atoms with Crippen molar-refractivity contribution < 1.29 is 28.5 Å². The molecule has 2 rings (SSSR count). The van der Waals surface area contributed by atoms with Gasteiger partial charge in [-0.05, 0) is 23.8 Å². The van der Waals surface area contributed by atoms with Crippen LogP contribution in [-0.2, 0) is 7.05 Å². The molecule has 4 heteroatoms. The summed E-state index contributed by atoms with van der Waals surface area (Å²) in [6, 6.07) is 9.69. The third-order valence-electron chi connectivity index (χ3n) is 2.67. The summed E-state index contributed by atoms with van der Waals surface area (Å²) >= 11 is 1.73. The first-order chi connectivity index (χ1) is 8.20. The van der Waals surface area contributed by atoms with Crippen molar-refractivity contribution in [2.75, 3.05) is 0 Å². The van der Waals surface area contributed by atoms with Gasteiger partial charge < -0.3 is 24.0 Å². The summed E-state index contributed by atoms with van der Waals surface area (Å²) in [5.41, 5.74) is 3.06. The van der Waals surface area contributed by atoms with Crippen LogP contribution in [0.25, 0.3) is 12.2 Å². The molecule has 0 radical (unpaired) electrons. The topological polar surface area (TPSA) is 27.7 Å². The average Bonchev–Trinajstić information content (AvgIpc) is 2.68. The van der Waals surface area contributed by atoms with Crippen molar-refractivity contribution in [1.82, 2.24) is 0 Å². The lowest BCUT2D eigenvalue weighted by molar-refractivity contribution is -0.674. The standard InChI is InChI=1S/C14H13N2S.HI/c1-11-10-17-14(16(11)2)8-7-12-3-5-13(9-15)6-4-12;/h3-8,10H,1-2H3;1H/q+1;/p-1/b8-7+;. The number of hydrogen-bond donors (Lipinski definition) is 0. The number of halogens is 1. The van der Waals surface area contributed by atoms with Gasteiger partial charge in [-0.3, -0.25) is 0 Å². The van der Waals surface area contributed by atoms with Gasteiger partial charge in [0.05, 0.1) is 17.0 Å². The second kappa shape index (κ2) is 6.66. The van der Waals surface area contributed by atoms with Crippen molar-refractivity contribution in [3.8, 4) is 6.07 Å². The van der Waals surface area contributed by atoms with E-state index in [-0.39, 0.29) is 24.0 Å². The molecule has 0 atom stereocenters. The first-order valence-electron chi connectivity index (χ1n) is 5.33. The summed E-state index contributed by atoms with van der Waals surface area (Å²) in [6.07, 6.45) is 4.16. The molecule has 0 N–H and O–H groups in total. The van der Waals surface area contributed by atoms with Gasteiger partial charge in [0.2, 0.25) is 0 Å². The Morgan fingerprint density at radius 2 is 1.89 bits per heavy atom. The Balaban J connectivity index is 0.00000162. The lowest BCUT2D eigenvalue weighted by Gasteiger charge is -1.92. The number of aromatic nitrogens is 1. The molecule has 1 heterocycles. The predicted molar refractivity (Wildman–Crippen MR) is 70.3 cm³/mol. The summed E-state index contributed by atoms with van der Waals surface area (Å²) < 4.78 is 2.16. The van der Waals surface area contributed by atoms with Gasteiger partial charge in [-0.1, -0.05) is 23.5 Å². The van der Waals surface area contributed by atoms with Gasteiger partial charge in [0, 0.05) is 13.0 Å². The second-order valence-electron chi connectivity index (χ2n) is 3.84. The summed E-state index contributed by atoms with van der Waals surface area (Å²) in [6.45, 7) is 2.09. The van der Waals surface area contributed by atoms with E-state index in [2.05, 4.69) is 42.1 Å². The fourth-order valence-electron chi connectivity index (χ4n) is 1.46. The van der Waals surface area contributed by atoms with Gasteiger partial charge in [-0.15, -0.1) is 0 Å². The van der Waals surface area contributed by atoms with Crippen LogP contribution in [0.5, 0.6) is 0 Å². The fraction of sp³-hybridized carbons (Fsp3) is 0.143. The van der Waals surface area contributed by atoms with Crippen LogP contribution in [0.4, 0.5) is 0 Å². The van der Waals surface area contributed by atoms with Crippen molar-refractivity contribution in [3.63, 3.8) is 0 Å². The molecule has 0 aliphatic rings. The highest BCUT2D eigenvalue weighted by molar-refractivity contribution is 7.10. The molecule has 0 saturated heterocycles. The second-order valence-corrected chi connectivity index (χ2v) is 4.73. The van der Waals surface area contributed by atoms with Gasteiger partial charge in [0.25, 0.3) is 5.01 Å². The van der Waals surface area contributed by atoms with Gasteiger partial charge in [-0.2, -0.15) is 9.83 Å². The first-order valence-corrected chi connectivity index (χ1v) is 6.21. The molecule has 0 aliphatic carbocycles. The molecular formula is C14H13IN2S. The maximum absolute atomic E-state index is 8.71. The SMILES string of the molecule is Cc1csc(/C=C/c2ccc(C#N)cc2)[n+]1C.[I-]. The van der Waals surface area contributed by atoms with Gasteiger partial charge in [0.1, 0.15) is 7.05 Å². The third kappa shape index (κ3) is 3.40. The Kier molecular flexibility index (Phi) is 5.51. The Bertz CT molecular complexity index is 591. The maximum atomic E-state index is 8.71. The summed E-state index contributed by atoms with van der Waals surface area (Å²) in [7, 11) is 2.06. The molecule has 1 aromatic heterocycles. The zero-order valence-electron chi connectivity index (χ0n) is 10.2. The van der Waals surface area contributed by atoms with Crippen molar-refractivity contribution in [3.05, 3.63) is 51.5 Å². The van der Waals surface area contributed by atoms with Crippen molar-refractivity contribution >= 4 is 23.5 Å². The molecule has 0 amide bonds. The minimum Gasteiger partial charge on any atom is -1.00 e. The minimum atomic E-state index is 0. The van der Waals surface area contributed by atoms with Crippen LogP contribution in [0.15, 0.2) is 29.6 Å². The van der Waals surface area contributed by atoms with E-state index in [1.165, 1.54) is 10.7 Å². The molecule has 2 aromatic rings. The Hall–Kier alpha value is -1.19. The van der Waals surface area contributed by atoms with Crippen LogP contribution in [-0.4, -0.2) is 0 Å². The summed E-state index contributed by atoms with van der Waals surface area (Å²) in [4.78, 5) is 0. The molecule has 0 aliphatic heterocycles. The maximum Gasteiger partial charge on any atom is 0.261 e. The van der Waals surface area contributed by atoms with Crippen molar-refractivity contribution in [2.24, 2.45) is 7.05 Å². The molecule has 0 fully saturated rings. The largest absolute Gasteiger partial charge is 1.00 e. The molecule has 0 bridgehead atoms. The minimum absolute atomic E-state index is 0. The van der Waals surface area contributed by atoms with E-state index in [1.54, 1.807) is 11.3 Å². The lowest BCUT2D eigenvalue weighted by Crippen LogP contribution is -3.00. The number of nitrogens with zero attached hydrogens (tertiary/aromatic N) is 2. The number of aryl methyl sites for hydroxylation is 1. The quantitative estimate of drug-likeness (QED) is 0.539. The highest BCUT2D eigenvalue weighted by Crippen LogP contribution is 2.11. The zero-order chi connectivity index (χ0) is 12.3. The van der Waals surface area contributed by atoms with Crippen molar-refractivity contribution in [2.45, 2.75) is 6.92 Å². The summed E-state index contributed by atoms with van der Waals surface area (Å²) in [5.74, 6) is 0. The van der Waals surface area contributed by atoms with Crippen LogP contribution in [0.3, 0.4) is 0 Å². The van der Waals surface area contributed by atoms with Gasteiger partial charge in [-0.25, -0.2) is 0 Å². The molecule has 0 unspecified atom stereocenters. The van der Waals surface area contributed by atoms with Crippen LogP contribution in [0.2, 0.25) is 0 Å². The van der Waals surface area contributed by atoms with E-state index in [0.717, 1.165) is 5.56 Å². The Morgan fingerprint density at radius 3 is 2.39 bits per heavy atom. The molecule has 92 valence electrons. The van der Waals surface area contributed by atoms with E-state index in [1.807, 2.05) is 24.3 Å². The molecule has 1 aromatic carbocycles. The van der Waals surface area contributed by atoms with Crippen LogP contribution >= 0.6 is 11.3 Å². The number of thiazole rings is 1. The van der Waals surface area contributed by atoms with Crippen LogP contribution in [0.1, 0.15) is 21.8 Å². The average molecular weight is 368 g/mol. The molecular weight excluding hydrogens is 355 g/mol. The van der Waals surface area contributed by atoms with E-state index in [0.29, 0.717) is 5.56 Å². The van der Waals surface area contributed by atoms with Crippen molar-refractivity contribution in [1.29, 1.82) is 5.26 Å². The number of benzene rings is 1. The third-order valence-corrected chi connectivity index (χ3v) is 3.78.